The molecule has 0 fully saturated rings. The second-order valence-corrected chi connectivity index (χ2v) is 42.6. The van der Waals surface area contributed by atoms with E-state index in [1.807, 2.05) is 0 Å². The topological polar surface area (TPSA) is 204 Å². The van der Waals surface area contributed by atoms with E-state index in [0.717, 1.165) is 0 Å². The summed E-state index contributed by atoms with van der Waals surface area (Å²) in [6.45, 7) is 33.3. The molecule has 0 amide bonds. The van der Waals surface area contributed by atoms with Crippen molar-refractivity contribution in [3.63, 3.8) is 0 Å². The van der Waals surface area contributed by atoms with Gasteiger partial charge >= 0.3 is 53.4 Å². The molecule has 65 heavy (non-hydrogen) atoms. The number of hydrogen-bond acceptors (Lipinski definition) is 17. The second-order valence-electron chi connectivity index (χ2n) is 18.7. The van der Waals surface area contributed by atoms with Gasteiger partial charge in [0.15, 0.2) is 33.3 Å². The third-order valence-corrected chi connectivity index (χ3v) is 33.8. The Kier molecular flexibility index (Phi) is 28.8. The predicted octanol–water partition coefficient (Wildman–Crippen LogP) is 8.60. The summed E-state index contributed by atoms with van der Waals surface area (Å²) in [6, 6.07) is 2.68. The third kappa shape index (κ3) is 31.1. The summed E-state index contributed by atoms with van der Waals surface area (Å²) in [6.07, 6.45) is 2.67. The highest BCUT2D eigenvalue weighted by Crippen LogP contribution is 2.39. The Labute approximate surface area is 395 Å². The van der Waals surface area contributed by atoms with Crippen LogP contribution in [0.3, 0.4) is 0 Å². The van der Waals surface area contributed by atoms with E-state index in [0.29, 0.717) is 49.9 Å². The molecule has 0 saturated heterocycles. The van der Waals surface area contributed by atoms with Gasteiger partial charge in [0.1, 0.15) is 0 Å². The van der Waals surface area contributed by atoms with Gasteiger partial charge in [-0.3, -0.25) is 19.2 Å². The van der Waals surface area contributed by atoms with E-state index in [1.165, 1.54) is 27.7 Å². The van der Waals surface area contributed by atoms with Gasteiger partial charge in [-0.1, -0.05) is 13.2 Å². The monoisotopic (exact) mass is 1030 g/mol. The number of hydrogen-bond donors (Lipinski definition) is 0. The van der Waals surface area contributed by atoms with Crippen molar-refractivity contribution in [2.24, 2.45) is 0 Å². The maximum atomic E-state index is 12.6. The molecule has 0 atom stereocenters. The molecule has 0 aromatic carbocycles. The fraction of sp³-hybridized carbons (Fsp3) is 0.762. The lowest BCUT2D eigenvalue weighted by Gasteiger charge is -2.49. The average molecular weight is 1030 g/mol. The first-order chi connectivity index (χ1) is 29.9. The van der Waals surface area contributed by atoms with E-state index >= 15 is 0 Å². The highest BCUT2D eigenvalue weighted by Gasteiger charge is 2.59. The van der Waals surface area contributed by atoms with E-state index < -0.39 is 62.8 Å². The molecule has 23 heteroatoms. The minimum Gasteiger partial charge on any atom is -0.466 e. The standard InChI is InChI=1S/C42H82O17Si6/c1-35(2)41(47)53-27-21-33-64(55-60(9,10)29-17-23-49-37(5)43,56-61(11,12)30-18-24-50-38(6)44)59-65(34-22-28-54-42(48)36(3)4,57-62(13,14)31-19-25-51-39(7)45)58-63(15,16)32-20-26-52-40(8)46/h1,3,17-34H2,2,4-16H3. The normalized spacial score (nSPS) is 12.5. The molecule has 0 aliphatic carbocycles. The first-order valence-electron chi connectivity index (χ1n) is 22.6. The maximum Gasteiger partial charge on any atom is 0.472 e. The van der Waals surface area contributed by atoms with Gasteiger partial charge in [-0.15, -0.1) is 0 Å². The smallest absolute Gasteiger partial charge is 0.466 e. The molecule has 0 spiro atoms. The van der Waals surface area contributed by atoms with Crippen LogP contribution in [0.15, 0.2) is 24.3 Å². The van der Waals surface area contributed by atoms with Crippen LogP contribution in [0.2, 0.25) is 88.6 Å². The van der Waals surface area contributed by atoms with Crippen LogP contribution in [0.4, 0.5) is 0 Å². The van der Waals surface area contributed by atoms with Crippen molar-refractivity contribution in [2.75, 3.05) is 39.6 Å². The summed E-state index contributed by atoms with van der Waals surface area (Å²) in [4.78, 5) is 72.0. The fourth-order valence-corrected chi connectivity index (χ4v) is 34.4. The molecule has 376 valence electrons. The largest absolute Gasteiger partial charge is 0.472 e. The summed E-state index contributed by atoms with van der Waals surface area (Å²) < 4.78 is 69.9. The van der Waals surface area contributed by atoms with Crippen LogP contribution in [-0.2, 0) is 77.8 Å². The van der Waals surface area contributed by atoms with E-state index in [-0.39, 0.29) is 99.6 Å². The molecule has 17 nitrogen and oxygen atoms in total. The lowest BCUT2D eigenvalue weighted by molar-refractivity contribution is -0.141. The SMILES string of the molecule is C=C(C)C(=O)OCCC[Si](O[Si](C)(C)CCCOC(C)=O)(O[Si](C)(C)CCCOC(C)=O)O[Si](CCCOC(=O)C(=C)C)(O[Si](C)(C)CCCOC(C)=O)O[Si](C)(C)CCCOC(C)=O. The lowest BCUT2D eigenvalue weighted by atomic mass is 10.4. The quantitative estimate of drug-likeness (QED) is 0.0189. The number of ether oxygens (including phenoxy) is 6. The third-order valence-electron chi connectivity index (χ3n) is 9.37. The van der Waals surface area contributed by atoms with Gasteiger partial charge in [0.05, 0.1) is 39.6 Å². The summed E-state index contributed by atoms with van der Waals surface area (Å²) in [7, 11) is -19.4. The Morgan fingerprint density at radius 1 is 0.323 bits per heavy atom. The molecule has 0 aliphatic rings. The van der Waals surface area contributed by atoms with Crippen LogP contribution in [0.25, 0.3) is 0 Å². The average Bonchev–Trinajstić information content (AvgIpc) is 3.14. The van der Waals surface area contributed by atoms with E-state index in [1.54, 1.807) is 13.8 Å². The number of esters is 6. The van der Waals surface area contributed by atoms with Gasteiger partial charge in [-0.2, -0.15) is 0 Å². The Morgan fingerprint density at radius 3 is 0.723 bits per heavy atom. The van der Waals surface area contributed by atoms with Crippen molar-refractivity contribution in [2.45, 2.75) is 169 Å². The van der Waals surface area contributed by atoms with Crippen molar-refractivity contribution in [3.8, 4) is 0 Å². The summed E-state index contributed by atoms with van der Waals surface area (Å²) in [5, 5.41) is 0. The van der Waals surface area contributed by atoms with E-state index in [2.05, 4.69) is 65.5 Å². The van der Waals surface area contributed by atoms with Crippen molar-refractivity contribution < 1.29 is 77.8 Å². The Morgan fingerprint density at radius 2 is 0.523 bits per heavy atom. The van der Waals surface area contributed by atoms with Gasteiger partial charge in [0.25, 0.3) is 0 Å². The van der Waals surface area contributed by atoms with Crippen LogP contribution in [-0.4, -0.2) is 126 Å². The predicted molar refractivity (Wildman–Crippen MR) is 261 cm³/mol. The summed E-state index contributed by atoms with van der Waals surface area (Å²) in [5.74, 6) is -2.62. The molecular weight excluding hydrogens is 945 g/mol. The zero-order valence-corrected chi connectivity index (χ0v) is 48.1. The van der Waals surface area contributed by atoms with Gasteiger partial charge in [0, 0.05) is 50.9 Å². The molecule has 0 saturated carbocycles. The van der Waals surface area contributed by atoms with Crippen LogP contribution in [0, 0.1) is 0 Å². The van der Waals surface area contributed by atoms with E-state index in [4.69, 9.17) is 49.0 Å². The fourth-order valence-electron chi connectivity index (χ4n) is 6.56. The van der Waals surface area contributed by atoms with Gasteiger partial charge in [-0.25, -0.2) is 9.59 Å². The number of rotatable bonds is 36. The van der Waals surface area contributed by atoms with Crippen LogP contribution < -0.4 is 0 Å². The van der Waals surface area contributed by atoms with Crippen LogP contribution >= 0.6 is 0 Å². The van der Waals surface area contributed by atoms with Crippen LogP contribution in [0.1, 0.15) is 80.1 Å². The molecule has 0 aromatic heterocycles. The van der Waals surface area contributed by atoms with E-state index in [9.17, 15) is 28.8 Å². The van der Waals surface area contributed by atoms with Crippen molar-refractivity contribution >= 4 is 86.7 Å². The first kappa shape index (κ1) is 62.4. The molecular formula is C42H82O17Si6. The Bertz CT molecular complexity index is 1390. The van der Waals surface area contributed by atoms with Crippen molar-refractivity contribution in [3.05, 3.63) is 24.3 Å². The summed E-state index contributed by atoms with van der Waals surface area (Å²) >= 11 is 0. The maximum absolute atomic E-state index is 12.6. The van der Waals surface area contributed by atoms with Gasteiger partial charge in [-0.05, 0) is 129 Å². The molecule has 0 heterocycles. The summed E-state index contributed by atoms with van der Waals surface area (Å²) in [5.41, 5.74) is 0.504. The van der Waals surface area contributed by atoms with Gasteiger partial charge in [0.2, 0.25) is 0 Å². The first-order valence-corrected chi connectivity index (χ1v) is 38.9. The zero-order valence-electron chi connectivity index (χ0n) is 42.1. The molecule has 0 radical (unpaired) electrons. The van der Waals surface area contributed by atoms with Crippen molar-refractivity contribution in [1.82, 2.24) is 0 Å². The molecule has 0 aliphatic heterocycles. The number of carbonyl (C=O) groups is 6. The minimum absolute atomic E-state index is 0.0132. The Hall–Kier alpha value is -2.60. The Balaban J connectivity index is 8.03. The minimum atomic E-state index is -4.08. The zero-order chi connectivity index (χ0) is 50.1. The lowest BCUT2D eigenvalue weighted by Crippen LogP contribution is -2.68. The van der Waals surface area contributed by atoms with Gasteiger partial charge < -0.3 is 49.0 Å². The number of carbonyl (C=O) groups excluding carboxylic acids is 6. The highest BCUT2D eigenvalue weighted by molar-refractivity contribution is 6.93. The second kappa shape index (κ2) is 30.0. The van der Waals surface area contributed by atoms with Crippen LogP contribution in [0.5, 0.6) is 0 Å². The molecule has 0 rings (SSSR count). The molecule has 0 bridgehead atoms. The molecule has 0 aromatic rings. The molecule has 0 unspecified atom stereocenters. The highest BCUT2D eigenvalue weighted by atomic mass is 28.5. The van der Waals surface area contributed by atoms with Crippen molar-refractivity contribution in [1.29, 1.82) is 0 Å². The molecule has 0 N–H and O–H groups in total.